The number of hydrogen-bond acceptors (Lipinski definition) is 4. The van der Waals surface area contributed by atoms with Gasteiger partial charge in [0.05, 0.1) is 0 Å². The van der Waals surface area contributed by atoms with E-state index < -0.39 is 17.7 Å². The standard InChI is InChI=1S/C32H47N3O4/c1-7-8-9-10-11-15-20-35(28(36)23-34-31(38)39-32(4,5)6)29(27-21-24(2)18-19-25(27)3)30(37)33-22-26-16-13-12-14-17-26/h12-14,16-19,21,29H,7-11,15,20,22-23H2,1-6H3,(H,33,37)(H,34,38). The molecule has 7 heteroatoms. The molecule has 0 aliphatic heterocycles. The highest BCUT2D eigenvalue weighted by atomic mass is 16.6. The summed E-state index contributed by atoms with van der Waals surface area (Å²) in [7, 11) is 0. The Morgan fingerprint density at radius 2 is 1.56 bits per heavy atom. The highest BCUT2D eigenvalue weighted by Crippen LogP contribution is 2.27. The molecule has 0 saturated carbocycles. The Labute approximate surface area is 234 Å². The number of aryl methyl sites for hydroxylation is 2. The Hall–Kier alpha value is -3.35. The van der Waals surface area contributed by atoms with Crippen LogP contribution in [0, 0.1) is 13.8 Å². The van der Waals surface area contributed by atoms with E-state index in [1.165, 1.54) is 6.42 Å². The lowest BCUT2D eigenvalue weighted by Gasteiger charge is -2.33. The number of nitrogens with zero attached hydrogens (tertiary/aromatic N) is 1. The molecular weight excluding hydrogens is 490 g/mol. The second-order valence-electron chi connectivity index (χ2n) is 11.2. The van der Waals surface area contributed by atoms with Crippen LogP contribution in [0.4, 0.5) is 4.79 Å². The molecule has 1 unspecified atom stereocenters. The van der Waals surface area contributed by atoms with Crippen molar-refractivity contribution >= 4 is 17.9 Å². The monoisotopic (exact) mass is 537 g/mol. The van der Waals surface area contributed by atoms with Gasteiger partial charge in [-0.25, -0.2) is 4.79 Å². The van der Waals surface area contributed by atoms with Gasteiger partial charge >= 0.3 is 6.09 Å². The third-order valence-corrected chi connectivity index (χ3v) is 6.45. The van der Waals surface area contributed by atoms with Gasteiger partial charge in [-0.15, -0.1) is 0 Å². The molecule has 7 nitrogen and oxygen atoms in total. The summed E-state index contributed by atoms with van der Waals surface area (Å²) in [5.74, 6) is -0.570. The quantitative estimate of drug-likeness (QED) is 0.274. The first-order valence-electron chi connectivity index (χ1n) is 14.2. The Kier molecular flexibility index (Phi) is 13.0. The summed E-state index contributed by atoms with van der Waals surface area (Å²) < 4.78 is 5.32. The number of nitrogens with one attached hydrogen (secondary N) is 2. The van der Waals surface area contributed by atoms with Gasteiger partial charge in [0, 0.05) is 13.1 Å². The zero-order valence-corrected chi connectivity index (χ0v) is 24.6. The van der Waals surface area contributed by atoms with E-state index in [4.69, 9.17) is 4.74 Å². The van der Waals surface area contributed by atoms with E-state index >= 15 is 0 Å². The van der Waals surface area contributed by atoms with Gasteiger partial charge in [-0.3, -0.25) is 9.59 Å². The summed E-state index contributed by atoms with van der Waals surface area (Å²) >= 11 is 0. The average Bonchev–Trinajstić information content (AvgIpc) is 2.88. The van der Waals surface area contributed by atoms with E-state index in [0.29, 0.717) is 13.1 Å². The van der Waals surface area contributed by atoms with Crippen molar-refractivity contribution < 1.29 is 19.1 Å². The predicted molar refractivity (Wildman–Crippen MR) is 156 cm³/mol. The van der Waals surface area contributed by atoms with E-state index in [2.05, 4.69) is 17.6 Å². The van der Waals surface area contributed by atoms with E-state index in [1.54, 1.807) is 25.7 Å². The van der Waals surface area contributed by atoms with Crippen LogP contribution in [0.1, 0.15) is 94.5 Å². The summed E-state index contributed by atoms with van der Waals surface area (Å²) in [4.78, 5) is 41.4. The van der Waals surface area contributed by atoms with Gasteiger partial charge in [0.15, 0.2) is 0 Å². The fourth-order valence-corrected chi connectivity index (χ4v) is 4.41. The summed E-state index contributed by atoms with van der Waals surface area (Å²) in [5.41, 5.74) is 3.03. The number of unbranched alkanes of at least 4 members (excludes halogenated alkanes) is 5. The van der Waals surface area contributed by atoms with Crippen LogP contribution in [-0.2, 0) is 20.9 Å². The molecule has 3 amide bonds. The normalized spacial score (nSPS) is 11.9. The smallest absolute Gasteiger partial charge is 0.408 e. The van der Waals surface area contributed by atoms with E-state index in [0.717, 1.165) is 54.4 Å². The van der Waals surface area contributed by atoms with Gasteiger partial charge in [0.2, 0.25) is 11.8 Å². The van der Waals surface area contributed by atoms with Crippen LogP contribution in [0.5, 0.6) is 0 Å². The lowest BCUT2D eigenvalue weighted by atomic mass is 9.96. The van der Waals surface area contributed by atoms with Crippen LogP contribution in [0.3, 0.4) is 0 Å². The molecular formula is C32H47N3O4. The molecule has 214 valence electrons. The third-order valence-electron chi connectivity index (χ3n) is 6.45. The average molecular weight is 538 g/mol. The molecule has 0 aliphatic carbocycles. The predicted octanol–water partition coefficient (Wildman–Crippen LogP) is 6.37. The number of benzene rings is 2. The van der Waals surface area contributed by atoms with Crippen LogP contribution in [-0.4, -0.2) is 41.5 Å². The van der Waals surface area contributed by atoms with E-state index in [1.807, 2.05) is 62.4 Å². The first kappa shape index (κ1) is 31.9. The number of hydrogen-bond donors (Lipinski definition) is 2. The van der Waals surface area contributed by atoms with E-state index in [-0.39, 0.29) is 18.4 Å². The molecule has 0 radical (unpaired) electrons. The molecule has 0 saturated heterocycles. The van der Waals surface area contributed by atoms with Gasteiger partial charge < -0.3 is 20.3 Å². The number of carbonyl (C=O) groups is 3. The molecule has 0 bridgehead atoms. The van der Waals surface area contributed by atoms with E-state index in [9.17, 15) is 14.4 Å². The number of ether oxygens (including phenoxy) is 1. The van der Waals surface area contributed by atoms with Crippen molar-refractivity contribution in [3.05, 3.63) is 70.8 Å². The van der Waals surface area contributed by atoms with Gasteiger partial charge in [-0.2, -0.15) is 0 Å². The maximum Gasteiger partial charge on any atom is 0.408 e. The molecule has 2 N–H and O–H groups in total. The molecule has 1 atom stereocenters. The van der Waals surface area contributed by atoms with Crippen molar-refractivity contribution in [2.24, 2.45) is 0 Å². The van der Waals surface area contributed by atoms with Crippen LogP contribution in [0.2, 0.25) is 0 Å². The summed E-state index contributed by atoms with van der Waals surface area (Å²) in [6.07, 6.45) is 5.67. The SMILES string of the molecule is CCCCCCCCN(C(=O)CNC(=O)OC(C)(C)C)C(C(=O)NCc1ccccc1)c1cc(C)ccc1C. The summed E-state index contributed by atoms with van der Waals surface area (Å²) in [5, 5.41) is 5.63. The Morgan fingerprint density at radius 1 is 0.897 bits per heavy atom. The largest absolute Gasteiger partial charge is 0.444 e. The first-order chi connectivity index (χ1) is 18.5. The number of alkyl carbamates (subject to hydrolysis) is 1. The number of rotatable bonds is 14. The fraction of sp³-hybridized carbons (Fsp3) is 0.531. The Morgan fingerprint density at radius 3 is 2.23 bits per heavy atom. The molecule has 39 heavy (non-hydrogen) atoms. The zero-order chi connectivity index (χ0) is 28.8. The lowest BCUT2D eigenvalue weighted by molar-refractivity contribution is -0.140. The third kappa shape index (κ3) is 11.5. The van der Waals surface area contributed by atoms with Crippen molar-refractivity contribution in [1.29, 1.82) is 0 Å². The van der Waals surface area contributed by atoms with Crippen molar-refractivity contribution in [3.63, 3.8) is 0 Å². The molecule has 0 fully saturated rings. The number of carbonyl (C=O) groups excluding carboxylic acids is 3. The van der Waals surface area contributed by atoms with Crippen molar-refractivity contribution in [2.45, 2.75) is 98.3 Å². The molecule has 0 heterocycles. The molecule has 2 rings (SSSR count). The second-order valence-corrected chi connectivity index (χ2v) is 11.2. The fourth-order valence-electron chi connectivity index (χ4n) is 4.41. The second kappa shape index (κ2) is 15.9. The minimum atomic E-state index is -0.822. The first-order valence-corrected chi connectivity index (χ1v) is 14.2. The topological polar surface area (TPSA) is 87.7 Å². The van der Waals surface area contributed by atoms with Crippen LogP contribution >= 0.6 is 0 Å². The number of amides is 3. The lowest BCUT2D eigenvalue weighted by Crippen LogP contribution is -2.48. The van der Waals surface area contributed by atoms with Gasteiger partial charge in [-0.1, -0.05) is 93.1 Å². The highest BCUT2D eigenvalue weighted by Gasteiger charge is 2.32. The maximum absolute atomic E-state index is 13.8. The van der Waals surface area contributed by atoms with Gasteiger partial charge in [-0.05, 0) is 57.7 Å². The van der Waals surface area contributed by atoms with Gasteiger partial charge in [0.25, 0.3) is 0 Å². The van der Waals surface area contributed by atoms with Crippen LogP contribution < -0.4 is 10.6 Å². The highest BCUT2D eigenvalue weighted by molar-refractivity contribution is 5.90. The summed E-state index contributed by atoms with van der Waals surface area (Å²) in [6.45, 7) is 11.9. The Balaban J connectivity index is 2.32. The molecule has 0 aromatic heterocycles. The minimum absolute atomic E-state index is 0.246. The van der Waals surface area contributed by atoms with Gasteiger partial charge in [0.1, 0.15) is 18.2 Å². The minimum Gasteiger partial charge on any atom is -0.444 e. The van der Waals surface area contributed by atoms with Crippen molar-refractivity contribution in [1.82, 2.24) is 15.5 Å². The van der Waals surface area contributed by atoms with Crippen LogP contribution in [0.15, 0.2) is 48.5 Å². The molecule has 2 aromatic carbocycles. The Bertz CT molecular complexity index is 1060. The maximum atomic E-state index is 13.8. The molecule has 0 aliphatic rings. The van der Waals surface area contributed by atoms with Crippen molar-refractivity contribution in [2.75, 3.05) is 13.1 Å². The zero-order valence-electron chi connectivity index (χ0n) is 24.6. The van der Waals surface area contributed by atoms with Crippen LogP contribution in [0.25, 0.3) is 0 Å². The molecule has 0 spiro atoms. The van der Waals surface area contributed by atoms with Crippen molar-refractivity contribution in [3.8, 4) is 0 Å². The molecule has 2 aromatic rings. The summed E-state index contributed by atoms with van der Waals surface area (Å²) in [6, 6.07) is 14.8.